The third-order valence-electron chi connectivity index (χ3n) is 2.71. The van der Waals surface area contributed by atoms with Crippen molar-refractivity contribution < 1.29 is 19.4 Å². The molecule has 17 heavy (non-hydrogen) atoms. The zero-order valence-corrected chi connectivity index (χ0v) is 10.9. The lowest BCUT2D eigenvalue weighted by Gasteiger charge is -2.15. The van der Waals surface area contributed by atoms with Crippen molar-refractivity contribution in [1.82, 2.24) is 5.32 Å². The summed E-state index contributed by atoms with van der Waals surface area (Å²) in [6, 6.07) is 0. The Kier molecular flexibility index (Phi) is 8.40. The van der Waals surface area contributed by atoms with Crippen molar-refractivity contribution in [2.45, 2.75) is 45.6 Å². The molecule has 5 heteroatoms. The van der Waals surface area contributed by atoms with Crippen molar-refractivity contribution in [3.05, 3.63) is 0 Å². The van der Waals surface area contributed by atoms with Crippen LogP contribution in [0.25, 0.3) is 0 Å². The van der Waals surface area contributed by atoms with E-state index in [1.165, 1.54) is 7.11 Å². The van der Waals surface area contributed by atoms with Gasteiger partial charge in [-0.3, -0.25) is 4.79 Å². The SMILES string of the molecule is CCCCC(CC)C(=O)NCC(O)C(=O)OC. The summed E-state index contributed by atoms with van der Waals surface area (Å²) in [5.41, 5.74) is 0. The monoisotopic (exact) mass is 245 g/mol. The van der Waals surface area contributed by atoms with Crippen molar-refractivity contribution in [1.29, 1.82) is 0 Å². The summed E-state index contributed by atoms with van der Waals surface area (Å²) < 4.78 is 4.36. The normalized spacial score (nSPS) is 13.9. The molecule has 0 heterocycles. The Morgan fingerprint density at radius 2 is 2.00 bits per heavy atom. The lowest BCUT2D eigenvalue weighted by atomic mass is 9.98. The van der Waals surface area contributed by atoms with Gasteiger partial charge in [-0.1, -0.05) is 26.7 Å². The molecule has 0 aliphatic rings. The van der Waals surface area contributed by atoms with Gasteiger partial charge in [0.25, 0.3) is 0 Å². The van der Waals surface area contributed by atoms with Crippen molar-refractivity contribution in [2.24, 2.45) is 5.92 Å². The third kappa shape index (κ3) is 6.26. The number of methoxy groups -OCH3 is 1. The fourth-order valence-electron chi connectivity index (χ4n) is 1.53. The first-order valence-electron chi connectivity index (χ1n) is 6.10. The van der Waals surface area contributed by atoms with E-state index in [4.69, 9.17) is 0 Å². The predicted octanol–water partition coefficient (Wildman–Crippen LogP) is 0.853. The van der Waals surface area contributed by atoms with E-state index in [0.29, 0.717) is 0 Å². The molecule has 0 aromatic carbocycles. The Hall–Kier alpha value is -1.10. The molecule has 2 N–H and O–H groups in total. The fraction of sp³-hybridized carbons (Fsp3) is 0.833. The summed E-state index contributed by atoms with van der Waals surface area (Å²) in [6.07, 6.45) is 2.38. The number of hydrogen-bond donors (Lipinski definition) is 2. The quantitative estimate of drug-likeness (QED) is 0.622. The molecule has 0 aromatic rings. The summed E-state index contributed by atoms with van der Waals surface area (Å²) in [4.78, 5) is 22.6. The second-order valence-electron chi connectivity index (χ2n) is 4.03. The van der Waals surface area contributed by atoms with Crippen LogP contribution < -0.4 is 5.32 Å². The van der Waals surface area contributed by atoms with Gasteiger partial charge in [0.2, 0.25) is 5.91 Å². The molecule has 0 fully saturated rings. The molecule has 1 amide bonds. The standard InChI is InChI=1S/C12H23NO4/c1-4-6-7-9(5-2)11(15)13-8-10(14)12(16)17-3/h9-10,14H,4-8H2,1-3H3,(H,13,15). The van der Waals surface area contributed by atoms with Gasteiger partial charge in [0.15, 0.2) is 6.10 Å². The minimum atomic E-state index is -1.28. The van der Waals surface area contributed by atoms with Gasteiger partial charge >= 0.3 is 5.97 Å². The number of hydrogen-bond acceptors (Lipinski definition) is 4. The molecular formula is C12H23NO4. The minimum Gasteiger partial charge on any atom is -0.467 e. The molecule has 0 aromatic heterocycles. The predicted molar refractivity (Wildman–Crippen MR) is 64.3 cm³/mol. The van der Waals surface area contributed by atoms with Crippen LogP contribution in [0.4, 0.5) is 0 Å². The summed E-state index contributed by atoms with van der Waals surface area (Å²) >= 11 is 0. The van der Waals surface area contributed by atoms with Gasteiger partial charge in [-0.25, -0.2) is 4.79 Å². The van der Waals surface area contributed by atoms with Gasteiger partial charge in [-0.2, -0.15) is 0 Å². The van der Waals surface area contributed by atoms with Crippen LogP contribution in [0.2, 0.25) is 0 Å². The molecular weight excluding hydrogens is 222 g/mol. The zero-order chi connectivity index (χ0) is 13.3. The summed E-state index contributed by atoms with van der Waals surface area (Å²) in [7, 11) is 1.20. The molecule has 5 nitrogen and oxygen atoms in total. The van der Waals surface area contributed by atoms with E-state index in [0.717, 1.165) is 25.7 Å². The van der Waals surface area contributed by atoms with Gasteiger partial charge in [0.05, 0.1) is 13.7 Å². The van der Waals surface area contributed by atoms with Crippen LogP contribution >= 0.6 is 0 Å². The molecule has 2 unspecified atom stereocenters. The van der Waals surface area contributed by atoms with Crippen LogP contribution in [0.15, 0.2) is 0 Å². The second-order valence-corrected chi connectivity index (χ2v) is 4.03. The molecule has 2 atom stereocenters. The van der Waals surface area contributed by atoms with E-state index in [1.54, 1.807) is 0 Å². The molecule has 0 saturated carbocycles. The highest BCUT2D eigenvalue weighted by molar-refractivity contribution is 5.80. The Balaban J connectivity index is 4.01. The maximum absolute atomic E-state index is 11.7. The Morgan fingerprint density at radius 1 is 1.35 bits per heavy atom. The number of ether oxygens (including phenoxy) is 1. The van der Waals surface area contributed by atoms with E-state index in [-0.39, 0.29) is 18.4 Å². The Labute approximate surface area is 103 Å². The Morgan fingerprint density at radius 3 is 2.47 bits per heavy atom. The number of carbonyl (C=O) groups excluding carboxylic acids is 2. The first kappa shape index (κ1) is 15.9. The van der Waals surface area contributed by atoms with Crippen LogP contribution in [-0.4, -0.2) is 36.7 Å². The lowest BCUT2D eigenvalue weighted by Crippen LogP contribution is -2.39. The fourth-order valence-corrected chi connectivity index (χ4v) is 1.53. The molecule has 0 rings (SSSR count). The van der Waals surface area contributed by atoms with E-state index < -0.39 is 12.1 Å². The van der Waals surface area contributed by atoms with Crippen molar-refractivity contribution in [3.8, 4) is 0 Å². The molecule has 100 valence electrons. The number of aliphatic hydroxyl groups is 1. The number of aliphatic hydroxyl groups excluding tert-OH is 1. The highest BCUT2D eigenvalue weighted by atomic mass is 16.5. The molecule has 0 aliphatic heterocycles. The molecule has 0 saturated heterocycles. The molecule has 0 radical (unpaired) electrons. The highest BCUT2D eigenvalue weighted by Crippen LogP contribution is 2.12. The third-order valence-corrected chi connectivity index (χ3v) is 2.71. The van der Waals surface area contributed by atoms with Gasteiger partial charge < -0.3 is 15.2 Å². The number of esters is 1. The lowest BCUT2D eigenvalue weighted by molar-refractivity contribution is -0.150. The summed E-state index contributed by atoms with van der Waals surface area (Å²) in [6.45, 7) is 3.94. The molecule has 0 spiro atoms. The number of rotatable bonds is 8. The topological polar surface area (TPSA) is 75.6 Å². The average molecular weight is 245 g/mol. The van der Waals surface area contributed by atoms with Crippen molar-refractivity contribution in [3.63, 3.8) is 0 Å². The van der Waals surface area contributed by atoms with Crippen LogP contribution in [-0.2, 0) is 14.3 Å². The zero-order valence-electron chi connectivity index (χ0n) is 10.9. The molecule has 0 aliphatic carbocycles. The largest absolute Gasteiger partial charge is 0.467 e. The van der Waals surface area contributed by atoms with Crippen LogP contribution in [0.3, 0.4) is 0 Å². The van der Waals surface area contributed by atoms with Crippen molar-refractivity contribution >= 4 is 11.9 Å². The van der Waals surface area contributed by atoms with Gasteiger partial charge in [0.1, 0.15) is 0 Å². The minimum absolute atomic E-state index is 0.0419. The van der Waals surface area contributed by atoms with E-state index in [2.05, 4.69) is 17.0 Å². The second kappa shape index (κ2) is 8.98. The number of amides is 1. The van der Waals surface area contributed by atoms with Gasteiger partial charge in [-0.15, -0.1) is 0 Å². The number of carbonyl (C=O) groups is 2. The summed E-state index contributed by atoms with van der Waals surface area (Å²) in [5.74, 6) is -0.879. The number of nitrogens with one attached hydrogen (secondary N) is 1. The Bertz CT molecular complexity index is 243. The van der Waals surface area contributed by atoms with Crippen LogP contribution in [0.1, 0.15) is 39.5 Å². The first-order valence-corrected chi connectivity index (χ1v) is 6.10. The van der Waals surface area contributed by atoms with E-state index in [9.17, 15) is 14.7 Å². The van der Waals surface area contributed by atoms with Gasteiger partial charge in [-0.05, 0) is 12.8 Å². The van der Waals surface area contributed by atoms with Crippen LogP contribution in [0, 0.1) is 5.92 Å². The van der Waals surface area contributed by atoms with Crippen molar-refractivity contribution in [2.75, 3.05) is 13.7 Å². The van der Waals surface area contributed by atoms with Gasteiger partial charge in [0, 0.05) is 5.92 Å². The number of unbranched alkanes of at least 4 members (excludes halogenated alkanes) is 1. The van der Waals surface area contributed by atoms with E-state index >= 15 is 0 Å². The smallest absolute Gasteiger partial charge is 0.336 e. The maximum atomic E-state index is 11.7. The first-order chi connectivity index (χ1) is 8.06. The van der Waals surface area contributed by atoms with Crippen LogP contribution in [0.5, 0.6) is 0 Å². The average Bonchev–Trinajstić information content (AvgIpc) is 2.35. The van der Waals surface area contributed by atoms with E-state index in [1.807, 2.05) is 6.92 Å². The maximum Gasteiger partial charge on any atom is 0.336 e. The summed E-state index contributed by atoms with van der Waals surface area (Å²) in [5, 5.41) is 11.9. The highest BCUT2D eigenvalue weighted by Gasteiger charge is 2.19. The molecule has 0 bridgehead atoms.